The van der Waals surface area contributed by atoms with Gasteiger partial charge in [0.1, 0.15) is 5.03 Å². The van der Waals surface area contributed by atoms with Crippen LogP contribution in [-0.2, 0) is 19.5 Å². The highest BCUT2D eigenvalue weighted by Gasteiger charge is 2.30. The molecular formula is C21H19N3O4S. The number of fused-ring (bicyclic) bond motifs is 1. The number of aromatic amines is 1. The SMILES string of the molecule is C=C(C(=O)N(C)OC)c1c(S(=O)(=O)c2ccc(C)cc2)[nH]c2ccc(C#N)cc12. The van der Waals surface area contributed by atoms with Crippen molar-refractivity contribution in [1.29, 1.82) is 5.26 Å². The number of hydrogen-bond acceptors (Lipinski definition) is 5. The summed E-state index contributed by atoms with van der Waals surface area (Å²) in [4.78, 5) is 20.6. The van der Waals surface area contributed by atoms with Crippen molar-refractivity contribution in [3.05, 3.63) is 65.7 Å². The summed E-state index contributed by atoms with van der Waals surface area (Å²) in [5.74, 6) is -0.601. The zero-order chi connectivity index (χ0) is 21.3. The number of amides is 1. The van der Waals surface area contributed by atoms with Gasteiger partial charge in [-0.15, -0.1) is 0 Å². The molecule has 148 valence electrons. The van der Waals surface area contributed by atoms with Gasteiger partial charge in [0, 0.05) is 29.1 Å². The zero-order valence-electron chi connectivity index (χ0n) is 16.2. The predicted octanol–water partition coefficient (Wildman–Crippen LogP) is 3.21. The Bertz CT molecular complexity index is 1270. The molecule has 0 spiro atoms. The number of sulfone groups is 1. The largest absolute Gasteiger partial charge is 0.345 e. The van der Waals surface area contributed by atoms with Gasteiger partial charge in [0.05, 0.1) is 23.6 Å². The predicted molar refractivity (Wildman–Crippen MR) is 108 cm³/mol. The number of H-pyrrole nitrogens is 1. The van der Waals surface area contributed by atoms with Crippen molar-refractivity contribution in [3.63, 3.8) is 0 Å². The van der Waals surface area contributed by atoms with E-state index in [0.717, 1.165) is 10.6 Å². The van der Waals surface area contributed by atoms with Gasteiger partial charge in [-0.25, -0.2) is 13.5 Å². The molecule has 0 saturated heterocycles. The Balaban J connectivity index is 2.32. The van der Waals surface area contributed by atoms with Crippen molar-refractivity contribution < 1.29 is 18.0 Å². The molecular weight excluding hydrogens is 390 g/mol. The van der Waals surface area contributed by atoms with Crippen molar-refractivity contribution in [2.75, 3.05) is 14.2 Å². The first-order chi connectivity index (χ1) is 13.7. The highest BCUT2D eigenvalue weighted by molar-refractivity contribution is 7.91. The fraction of sp³-hybridized carbons (Fsp3) is 0.143. The molecule has 0 radical (unpaired) electrons. The van der Waals surface area contributed by atoms with Crippen LogP contribution in [0.15, 0.2) is 59.0 Å². The van der Waals surface area contributed by atoms with Gasteiger partial charge < -0.3 is 4.98 Å². The average Bonchev–Trinajstić information content (AvgIpc) is 3.11. The van der Waals surface area contributed by atoms with Crippen LogP contribution in [0.5, 0.6) is 0 Å². The third-order valence-corrected chi connectivity index (χ3v) is 6.35. The summed E-state index contributed by atoms with van der Waals surface area (Å²) in [5.41, 5.74) is 1.77. The first-order valence-electron chi connectivity index (χ1n) is 8.59. The highest BCUT2D eigenvalue weighted by Crippen LogP contribution is 2.35. The van der Waals surface area contributed by atoms with Crippen LogP contribution in [0.2, 0.25) is 0 Å². The maximum Gasteiger partial charge on any atom is 0.277 e. The van der Waals surface area contributed by atoms with Gasteiger partial charge in [-0.1, -0.05) is 24.3 Å². The normalized spacial score (nSPS) is 11.2. The number of rotatable bonds is 5. The van der Waals surface area contributed by atoms with E-state index in [-0.39, 0.29) is 21.1 Å². The monoisotopic (exact) mass is 409 g/mol. The minimum Gasteiger partial charge on any atom is -0.345 e. The van der Waals surface area contributed by atoms with E-state index in [4.69, 9.17) is 4.84 Å². The minimum atomic E-state index is -3.99. The van der Waals surface area contributed by atoms with Crippen LogP contribution in [0.1, 0.15) is 16.7 Å². The van der Waals surface area contributed by atoms with Crippen molar-refractivity contribution >= 4 is 32.2 Å². The fourth-order valence-electron chi connectivity index (χ4n) is 2.95. The second-order valence-corrected chi connectivity index (χ2v) is 8.37. The van der Waals surface area contributed by atoms with Crippen LogP contribution in [0.25, 0.3) is 16.5 Å². The van der Waals surface area contributed by atoms with Crippen molar-refractivity contribution in [2.45, 2.75) is 16.8 Å². The Hall–Kier alpha value is -3.41. The molecule has 3 rings (SSSR count). The van der Waals surface area contributed by atoms with Gasteiger partial charge in [-0.2, -0.15) is 5.26 Å². The summed E-state index contributed by atoms with van der Waals surface area (Å²) in [6, 6.07) is 13.1. The second kappa shape index (κ2) is 7.54. The molecule has 1 aromatic heterocycles. The number of aryl methyl sites for hydroxylation is 1. The van der Waals surface area contributed by atoms with Gasteiger partial charge >= 0.3 is 0 Å². The van der Waals surface area contributed by atoms with E-state index in [1.807, 2.05) is 13.0 Å². The smallest absolute Gasteiger partial charge is 0.277 e. The second-order valence-electron chi connectivity index (χ2n) is 6.48. The topological polar surface area (TPSA) is 103 Å². The van der Waals surface area contributed by atoms with E-state index in [2.05, 4.69) is 11.6 Å². The van der Waals surface area contributed by atoms with E-state index < -0.39 is 15.7 Å². The highest BCUT2D eigenvalue weighted by atomic mass is 32.2. The Kier molecular flexibility index (Phi) is 5.29. The summed E-state index contributed by atoms with van der Waals surface area (Å²) < 4.78 is 26.7. The third-order valence-electron chi connectivity index (χ3n) is 4.61. The minimum absolute atomic E-state index is 0.0682. The standard InChI is InChI=1S/C21H19N3O4S/c1-13-5-8-16(9-6-13)29(26,27)20-19(14(2)21(25)24(3)28-4)17-11-15(12-22)7-10-18(17)23-20/h5-11,23H,2H2,1,3-4H3. The van der Waals surface area contributed by atoms with Crippen LogP contribution in [0.3, 0.4) is 0 Å². The molecule has 0 aliphatic carbocycles. The van der Waals surface area contributed by atoms with Crippen LogP contribution in [-0.4, -0.2) is 38.5 Å². The van der Waals surface area contributed by atoms with Crippen molar-refractivity contribution in [2.24, 2.45) is 0 Å². The molecule has 0 fully saturated rings. The number of nitrogens with one attached hydrogen (secondary N) is 1. The molecule has 1 N–H and O–H groups in total. The molecule has 0 aliphatic rings. The van der Waals surface area contributed by atoms with Crippen molar-refractivity contribution in [1.82, 2.24) is 10.0 Å². The molecule has 29 heavy (non-hydrogen) atoms. The lowest BCUT2D eigenvalue weighted by molar-refractivity contribution is -0.161. The lowest BCUT2D eigenvalue weighted by Crippen LogP contribution is -2.26. The molecule has 0 atom stereocenters. The molecule has 2 aromatic carbocycles. The third kappa shape index (κ3) is 3.53. The summed E-state index contributed by atoms with van der Waals surface area (Å²) in [6.07, 6.45) is 0. The van der Waals surface area contributed by atoms with Crippen LogP contribution < -0.4 is 0 Å². The maximum absolute atomic E-state index is 13.4. The number of hydrogen-bond donors (Lipinski definition) is 1. The fourth-order valence-corrected chi connectivity index (χ4v) is 4.43. The molecule has 8 heteroatoms. The number of carbonyl (C=O) groups excluding carboxylic acids is 1. The molecule has 0 unspecified atom stereocenters. The molecule has 0 saturated carbocycles. The molecule has 3 aromatic rings. The molecule has 1 amide bonds. The Morgan fingerprint density at radius 2 is 1.86 bits per heavy atom. The maximum atomic E-state index is 13.4. The molecule has 1 heterocycles. The quantitative estimate of drug-likeness (QED) is 0.515. The summed E-state index contributed by atoms with van der Waals surface area (Å²) in [6.45, 7) is 5.67. The van der Waals surface area contributed by atoms with Gasteiger partial charge in [-0.05, 0) is 37.3 Å². The lowest BCUT2D eigenvalue weighted by atomic mass is 10.0. The number of benzene rings is 2. The van der Waals surface area contributed by atoms with Crippen LogP contribution in [0, 0.1) is 18.3 Å². The molecule has 0 aliphatic heterocycles. The van der Waals surface area contributed by atoms with E-state index in [9.17, 15) is 18.5 Å². The van der Waals surface area contributed by atoms with E-state index >= 15 is 0 Å². The number of likely N-dealkylation sites (N-methyl/N-ethyl adjacent to an activating group) is 1. The van der Waals surface area contributed by atoms with Gasteiger partial charge in [0.25, 0.3) is 5.91 Å². The Morgan fingerprint density at radius 1 is 1.21 bits per heavy atom. The number of aromatic nitrogens is 1. The molecule has 0 bridgehead atoms. The van der Waals surface area contributed by atoms with E-state index in [0.29, 0.717) is 16.5 Å². The molecule has 7 nitrogen and oxygen atoms in total. The number of carbonyl (C=O) groups is 1. The van der Waals surface area contributed by atoms with E-state index in [1.54, 1.807) is 24.3 Å². The Morgan fingerprint density at radius 3 is 2.45 bits per heavy atom. The van der Waals surface area contributed by atoms with Gasteiger partial charge in [0.2, 0.25) is 9.84 Å². The van der Waals surface area contributed by atoms with Crippen LogP contribution in [0.4, 0.5) is 0 Å². The van der Waals surface area contributed by atoms with Crippen molar-refractivity contribution in [3.8, 4) is 6.07 Å². The average molecular weight is 409 g/mol. The lowest BCUT2D eigenvalue weighted by Gasteiger charge is -2.16. The zero-order valence-corrected chi connectivity index (χ0v) is 17.0. The summed E-state index contributed by atoms with van der Waals surface area (Å²) >= 11 is 0. The number of nitrogens with zero attached hydrogens (tertiary/aromatic N) is 2. The number of hydroxylamine groups is 2. The van der Waals surface area contributed by atoms with Gasteiger partial charge in [0.15, 0.2) is 0 Å². The van der Waals surface area contributed by atoms with E-state index in [1.165, 1.54) is 32.4 Å². The summed E-state index contributed by atoms with van der Waals surface area (Å²) in [7, 11) is -1.27. The van der Waals surface area contributed by atoms with Crippen LogP contribution >= 0.6 is 0 Å². The summed E-state index contributed by atoms with van der Waals surface area (Å²) in [5, 5.41) is 10.4. The number of nitriles is 1. The van der Waals surface area contributed by atoms with Gasteiger partial charge in [-0.3, -0.25) is 9.63 Å². The Labute approximate surface area is 168 Å². The first-order valence-corrected chi connectivity index (χ1v) is 10.1. The first kappa shape index (κ1) is 20.3.